The molecule has 0 unspecified atom stereocenters. The first-order valence-electron chi connectivity index (χ1n) is 4.35. The minimum Gasteiger partial charge on any atom is -0.299 e. The van der Waals surface area contributed by atoms with Gasteiger partial charge in [0, 0.05) is 6.54 Å². The van der Waals surface area contributed by atoms with Crippen LogP contribution in [0.5, 0.6) is 0 Å². The summed E-state index contributed by atoms with van der Waals surface area (Å²) in [5, 5.41) is 9.10. The Balaban J connectivity index is 2.41. The predicted octanol–water partition coefficient (Wildman–Crippen LogP) is 1.12. The van der Waals surface area contributed by atoms with Crippen molar-refractivity contribution in [3.63, 3.8) is 0 Å². The zero-order valence-electron chi connectivity index (χ0n) is 8.05. The molecule has 0 aromatic rings. The van der Waals surface area contributed by atoms with E-state index in [0.717, 1.165) is 18.2 Å². The van der Waals surface area contributed by atoms with Gasteiger partial charge in [-0.25, -0.2) is 8.42 Å². The fourth-order valence-corrected chi connectivity index (χ4v) is 1.56. The molecule has 79 valence electrons. The summed E-state index contributed by atoms with van der Waals surface area (Å²) in [6, 6.07) is 0. The van der Waals surface area contributed by atoms with Gasteiger partial charge < -0.3 is 0 Å². The highest BCUT2D eigenvalue weighted by Crippen LogP contribution is 2.13. The van der Waals surface area contributed by atoms with Crippen molar-refractivity contribution in [3.05, 3.63) is 30.2 Å². The molecule has 0 aromatic carbocycles. The van der Waals surface area contributed by atoms with Crippen LogP contribution in [-0.4, -0.2) is 30.9 Å². The van der Waals surface area contributed by atoms with Gasteiger partial charge in [0.2, 0.25) is 10.0 Å². The Morgan fingerprint density at radius 1 is 1.57 bits per heavy atom. The Hall–Kier alpha value is -0.650. The molecule has 0 aromatic heterocycles. The van der Waals surface area contributed by atoms with E-state index >= 15 is 0 Å². The minimum atomic E-state index is -3.47. The van der Waals surface area contributed by atoms with Crippen LogP contribution < -0.4 is 0 Å². The summed E-state index contributed by atoms with van der Waals surface area (Å²) in [4.78, 5) is 0. The van der Waals surface area contributed by atoms with Crippen molar-refractivity contribution in [3.8, 4) is 0 Å². The predicted molar refractivity (Wildman–Crippen MR) is 54.1 cm³/mol. The number of nitrogens with zero attached hydrogens (tertiary/aromatic N) is 1. The molecule has 14 heavy (non-hydrogen) atoms. The number of sulfonamides is 1. The van der Waals surface area contributed by atoms with Gasteiger partial charge in [-0.2, -0.15) is 0 Å². The zero-order chi connectivity index (χ0) is 10.6. The van der Waals surface area contributed by atoms with Crippen molar-refractivity contribution in [2.75, 3.05) is 12.8 Å². The van der Waals surface area contributed by atoms with Crippen LogP contribution in [0.4, 0.5) is 0 Å². The van der Waals surface area contributed by atoms with Gasteiger partial charge in [0.1, 0.15) is 0 Å². The third-order valence-corrected chi connectivity index (χ3v) is 2.89. The molecular weight excluding hydrogens is 202 g/mol. The van der Waals surface area contributed by atoms with E-state index in [4.69, 9.17) is 5.21 Å². The van der Waals surface area contributed by atoms with Crippen LogP contribution in [0.3, 0.4) is 0 Å². The van der Waals surface area contributed by atoms with Crippen LogP contribution in [0, 0.1) is 6.42 Å². The number of hydrogen-bond donors (Lipinski definition) is 1. The molecule has 0 atom stereocenters. The Kier molecular flexibility index (Phi) is 3.86. The Morgan fingerprint density at radius 3 is 2.79 bits per heavy atom. The molecule has 0 aliphatic heterocycles. The highest BCUT2D eigenvalue weighted by Gasteiger charge is 2.12. The van der Waals surface area contributed by atoms with E-state index < -0.39 is 10.0 Å². The first-order valence-corrected chi connectivity index (χ1v) is 6.20. The van der Waals surface area contributed by atoms with Gasteiger partial charge in [-0.1, -0.05) is 28.3 Å². The fraction of sp³-hybridized carbons (Fsp3) is 0.444. The third kappa shape index (κ3) is 3.61. The average Bonchev–Trinajstić information content (AvgIpc) is 2.14. The summed E-state index contributed by atoms with van der Waals surface area (Å²) in [6.45, 7) is 0.106. The fourth-order valence-electron chi connectivity index (χ4n) is 1.13. The van der Waals surface area contributed by atoms with Crippen molar-refractivity contribution in [1.82, 2.24) is 4.47 Å². The molecule has 1 aliphatic rings. The third-order valence-electron chi connectivity index (χ3n) is 1.94. The second-order valence-electron chi connectivity index (χ2n) is 3.17. The summed E-state index contributed by atoms with van der Waals surface area (Å²) in [7, 11) is -3.47. The van der Waals surface area contributed by atoms with Crippen molar-refractivity contribution in [1.29, 1.82) is 0 Å². The number of allylic oxidation sites excluding steroid dienone is 3. The summed E-state index contributed by atoms with van der Waals surface area (Å²) in [5.41, 5.74) is 1.05. The summed E-state index contributed by atoms with van der Waals surface area (Å²) < 4.78 is 22.0. The molecule has 1 rings (SSSR count). The standard InChI is InChI=1S/C9H14NO3S/c1-14(12,13)10(11)8-7-9-5-3-2-4-6-9/h2-3,5-6,11H,4,7-8H2,1H3. The maximum absolute atomic E-state index is 10.8. The van der Waals surface area contributed by atoms with Crippen LogP contribution in [0.2, 0.25) is 0 Å². The molecule has 1 aliphatic carbocycles. The maximum atomic E-state index is 10.8. The number of hydroxylamine groups is 1. The van der Waals surface area contributed by atoms with Crippen molar-refractivity contribution in [2.45, 2.75) is 12.8 Å². The van der Waals surface area contributed by atoms with E-state index in [1.807, 2.05) is 24.6 Å². The van der Waals surface area contributed by atoms with E-state index in [-0.39, 0.29) is 6.54 Å². The topological polar surface area (TPSA) is 57.6 Å². The summed E-state index contributed by atoms with van der Waals surface area (Å²) in [5.74, 6) is 0. The smallest absolute Gasteiger partial charge is 0.232 e. The van der Waals surface area contributed by atoms with Crippen molar-refractivity contribution >= 4 is 10.0 Å². The Labute approximate surface area is 84.5 Å². The van der Waals surface area contributed by atoms with Crippen molar-refractivity contribution < 1.29 is 13.6 Å². The van der Waals surface area contributed by atoms with Gasteiger partial charge in [-0.3, -0.25) is 5.21 Å². The van der Waals surface area contributed by atoms with Gasteiger partial charge in [-0.05, 0) is 19.3 Å². The molecule has 0 fully saturated rings. The van der Waals surface area contributed by atoms with Crippen LogP contribution in [-0.2, 0) is 10.0 Å². The van der Waals surface area contributed by atoms with Crippen LogP contribution in [0.1, 0.15) is 12.8 Å². The lowest BCUT2D eigenvalue weighted by Crippen LogP contribution is -2.27. The molecular formula is C9H14NO3S. The van der Waals surface area contributed by atoms with Gasteiger partial charge in [0.25, 0.3) is 0 Å². The van der Waals surface area contributed by atoms with Crippen LogP contribution in [0.25, 0.3) is 0 Å². The average molecular weight is 216 g/mol. The second-order valence-corrected chi connectivity index (χ2v) is 5.06. The van der Waals surface area contributed by atoms with Crippen LogP contribution >= 0.6 is 0 Å². The molecule has 0 saturated heterocycles. The van der Waals surface area contributed by atoms with E-state index in [0.29, 0.717) is 10.9 Å². The van der Waals surface area contributed by atoms with E-state index in [1.165, 1.54) is 0 Å². The summed E-state index contributed by atoms with van der Waals surface area (Å²) in [6.07, 6.45) is 10.2. The monoisotopic (exact) mass is 216 g/mol. The van der Waals surface area contributed by atoms with Gasteiger partial charge in [-0.15, -0.1) is 0 Å². The molecule has 0 spiro atoms. The molecule has 0 heterocycles. The molecule has 0 amide bonds. The molecule has 1 N–H and O–H groups in total. The lowest BCUT2D eigenvalue weighted by Gasteiger charge is -2.13. The zero-order valence-corrected chi connectivity index (χ0v) is 8.87. The molecule has 0 bridgehead atoms. The maximum Gasteiger partial charge on any atom is 0.232 e. The SMILES string of the molecule is CS(=O)(=O)N(O)CCC1=CC[CH]C=C1. The second kappa shape index (κ2) is 4.72. The van der Waals surface area contributed by atoms with E-state index in [9.17, 15) is 8.42 Å². The molecule has 1 radical (unpaired) electrons. The summed E-state index contributed by atoms with van der Waals surface area (Å²) >= 11 is 0. The minimum absolute atomic E-state index is 0.106. The van der Waals surface area contributed by atoms with E-state index in [1.54, 1.807) is 0 Å². The number of hydrogen-bond acceptors (Lipinski definition) is 3. The largest absolute Gasteiger partial charge is 0.299 e. The quantitative estimate of drug-likeness (QED) is 0.716. The lowest BCUT2D eigenvalue weighted by atomic mass is 10.0. The number of rotatable bonds is 4. The van der Waals surface area contributed by atoms with Crippen molar-refractivity contribution in [2.24, 2.45) is 0 Å². The lowest BCUT2D eigenvalue weighted by molar-refractivity contribution is 0.00547. The Bertz CT molecular complexity index is 343. The normalized spacial score (nSPS) is 17.2. The Morgan fingerprint density at radius 2 is 2.29 bits per heavy atom. The molecule has 4 nitrogen and oxygen atoms in total. The molecule has 0 saturated carbocycles. The highest BCUT2D eigenvalue weighted by atomic mass is 32.2. The first kappa shape index (κ1) is 11.4. The first-order chi connectivity index (χ1) is 6.50. The van der Waals surface area contributed by atoms with Crippen LogP contribution in [0.15, 0.2) is 23.8 Å². The van der Waals surface area contributed by atoms with Gasteiger partial charge in [0.15, 0.2) is 0 Å². The van der Waals surface area contributed by atoms with Gasteiger partial charge in [0.05, 0.1) is 6.26 Å². The molecule has 5 heteroatoms. The van der Waals surface area contributed by atoms with Gasteiger partial charge >= 0.3 is 0 Å². The van der Waals surface area contributed by atoms with E-state index in [2.05, 4.69) is 0 Å². The highest BCUT2D eigenvalue weighted by molar-refractivity contribution is 7.88.